The van der Waals surface area contributed by atoms with Gasteiger partial charge in [0.25, 0.3) is 0 Å². The summed E-state index contributed by atoms with van der Waals surface area (Å²) in [6, 6.07) is 12.5. The summed E-state index contributed by atoms with van der Waals surface area (Å²) in [7, 11) is 0.418. The van der Waals surface area contributed by atoms with Crippen LogP contribution in [0.5, 0.6) is 0 Å². The average molecular weight is 810 g/mol. The summed E-state index contributed by atoms with van der Waals surface area (Å²) in [4.78, 5) is 46.5. The van der Waals surface area contributed by atoms with E-state index in [-0.39, 0.29) is 56.4 Å². The quantitative estimate of drug-likeness (QED) is 0.0523. The fraction of sp³-hybridized carbons (Fsp3) is 0.250. The molecule has 3 N–H and O–H groups in total. The van der Waals surface area contributed by atoms with Gasteiger partial charge in [-0.3, -0.25) is 14.4 Å². The van der Waals surface area contributed by atoms with Crippen molar-refractivity contribution in [1.29, 1.82) is 0 Å². The molecule has 2 aromatic carbocycles. The zero-order valence-electron chi connectivity index (χ0n) is 30.5. The number of benzene rings is 2. The van der Waals surface area contributed by atoms with Crippen LogP contribution in [0.2, 0.25) is 0 Å². The lowest BCUT2D eigenvalue weighted by Crippen LogP contribution is -2.33. The van der Waals surface area contributed by atoms with Crippen molar-refractivity contribution in [3.05, 3.63) is 130 Å². The zero-order valence-corrected chi connectivity index (χ0v) is 30.5. The second-order valence-corrected chi connectivity index (χ2v) is 12.8. The largest absolute Gasteiger partial charge is 0.495 e. The number of rotatable bonds is 15. The van der Waals surface area contributed by atoms with Gasteiger partial charge in [-0.2, -0.15) is 26.3 Å². The number of aromatic nitrogens is 2. The van der Waals surface area contributed by atoms with Crippen LogP contribution in [-0.2, 0) is 39.6 Å². The molecule has 3 amide bonds. The van der Waals surface area contributed by atoms with Crippen LogP contribution in [0.15, 0.2) is 95.8 Å². The molecule has 1 aliphatic rings. The van der Waals surface area contributed by atoms with E-state index in [1.54, 1.807) is 24.4 Å². The monoisotopic (exact) mass is 809 g/mol. The Balaban J connectivity index is 1.06. The fourth-order valence-corrected chi connectivity index (χ4v) is 5.81. The molecule has 3 heterocycles. The van der Waals surface area contributed by atoms with Crippen LogP contribution in [0.3, 0.4) is 0 Å². The highest BCUT2D eigenvalue weighted by molar-refractivity contribution is 6.25. The molecule has 0 aliphatic carbocycles. The van der Waals surface area contributed by atoms with E-state index in [2.05, 4.69) is 32.5 Å². The first-order chi connectivity index (χ1) is 27.6. The van der Waals surface area contributed by atoms with Gasteiger partial charge in [-0.15, -0.1) is 0 Å². The minimum atomic E-state index is -5.19. The molecule has 0 unspecified atom stereocenters. The van der Waals surface area contributed by atoms with Crippen LogP contribution >= 0.6 is 0 Å². The third kappa shape index (κ3) is 11.8. The van der Waals surface area contributed by atoms with E-state index < -0.39 is 59.6 Å². The van der Waals surface area contributed by atoms with E-state index in [0.29, 0.717) is 36.9 Å². The molecule has 0 saturated heterocycles. The Morgan fingerprint density at radius 2 is 1.66 bits per heavy atom. The number of nitrogens with one attached hydrogen (secondary N) is 3. The van der Waals surface area contributed by atoms with Crippen molar-refractivity contribution in [2.45, 2.75) is 44.5 Å². The first kappa shape index (κ1) is 42.8. The average Bonchev–Trinajstić information content (AvgIpc) is 3.96. The maximum Gasteiger partial charge on any atom is 0.495 e. The second kappa shape index (κ2) is 19.2. The first-order valence-corrected chi connectivity index (χ1v) is 17.7. The molecule has 0 bridgehead atoms. The lowest BCUT2D eigenvalue weighted by Gasteiger charge is -2.22. The highest BCUT2D eigenvalue weighted by atomic mass is 19.4. The van der Waals surface area contributed by atoms with Gasteiger partial charge in [0, 0.05) is 42.7 Å². The van der Waals surface area contributed by atoms with Gasteiger partial charge in [-0.05, 0) is 97.3 Å². The lowest BCUT2D eigenvalue weighted by molar-refractivity contribution is -0.143. The molecule has 9 nitrogen and oxygen atoms in total. The summed E-state index contributed by atoms with van der Waals surface area (Å²) in [5, 5.41) is 5.25. The molecule has 5 rings (SSSR count). The van der Waals surface area contributed by atoms with Crippen molar-refractivity contribution in [3.8, 4) is 11.8 Å². The van der Waals surface area contributed by atoms with Crippen LogP contribution in [0.1, 0.15) is 53.0 Å². The summed E-state index contributed by atoms with van der Waals surface area (Å²) in [5.41, 5.74) is -0.426. The van der Waals surface area contributed by atoms with Crippen molar-refractivity contribution >= 4 is 42.9 Å². The first-order valence-electron chi connectivity index (χ1n) is 17.7. The zero-order chi connectivity index (χ0) is 41.9. The van der Waals surface area contributed by atoms with Crippen LogP contribution in [0.4, 0.5) is 40.7 Å². The number of carbonyl (C=O) groups is 3. The number of aliphatic imine (C=N–C) groups is 1. The molecule has 1 radical (unpaired) electrons. The minimum absolute atomic E-state index is 0.0248. The third-order valence-corrected chi connectivity index (χ3v) is 8.73. The molecular weight excluding hydrogens is 775 g/mol. The molecule has 0 spiro atoms. The maximum absolute atomic E-state index is 13.9. The summed E-state index contributed by atoms with van der Waals surface area (Å²) in [5.74, 6) is 2.91. The standard InChI is InChI=1S/C40H34BF8N6O3/c42-28-9-12-30(13-10-28)54(38(58)23-26-7-8-27(39(43,44)45)24-33(26)40(46,47)48)22-2-1-19-51-36(56)6-4-21-52-37(57)18-16-31-14-15-32(55(31)41-49)25-29-11-17-35(53-29)34-5-3-20-50-34/h3,5,7-15,17,20,24-25,50H,4,6,16,18-19,21-23H2,(H,51,56)(H,52,57)/b29-25-. The number of allylic oxidation sites excluding steroid dienone is 2. The number of hydrogen-bond acceptors (Lipinski definition) is 4. The minimum Gasteiger partial charge on any atom is -0.362 e. The Hall–Kier alpha value is -6.38. The number of aryl methyl sites for hydroxylation is 1. The predicted molar refractivity (Wildman–Crippen MR) is 201 cm³/mol. The van der Waals surface area contributed by atoms with E-state index >= 15 is 0 Å². The van der Waals surface area contributed by atoms with Crippen molar-refractivity contribution in [3.63, 3.8) is 0 Å². The topological polar surface area (TPSA) is 112 Å². The Morgan fingerprint density at radius 1 is 0.897 bits per heavy atom. The molecule has 0 atom stereocenters. The maximum atomic E-state index is 13.9. The number of nitrogens with zero attached hydrogens (tertiary/aromatic N) is 3. The number of amides is 3. The van der Waals surface area contributed by atoms with Crippen LogP contribution < -0.4 is 15.5 Å². The molecule has 0 fully saturated rings. The van der Waals surface area contributed by atoms with Crippen LogP contribution in [0, 0.1) is 17.7 Å². The summed E-state index contributed by atoms with van der Waals surface area (Å²) in [6.45, 7) is -0.389. The molecule has 18 heteroatoms. The van der Waals surface area contributed by atoms with Gasteiger partial charge in [0.2, 0.25) is 17.7 Å². The number of alkyl halides is 6. The molecule has 1 aliphatic heterocycles. The second-order valence-electron chi connectivity index (χ2n) is 12.8. The van der Waals surface area contributed by atoms with Gasteiger partial charge in [0.1, 0.15) is 5.82 Å². The van der Waals surface area contributed by atoms with E-state index in [9.17, 15) is 49.4 Å². The lowest BCUT2D eigenvalue weighted by atomic mass is 10.00. The van der Waals surface area contributed by atoms with Gasteiger partial charge < -0.3 is 29.3 Å². The number of aromatic amines is 1. The Kier molecular flexibility index (Phi) is 14.1. The molecule has 58 heavy (non-hydrogen) atoms. The van der Waals surface area contributed by atoms with Crippen LogP contribution in [0.25, 0.3) is 6.08 Å². The highest BCUT2D eigenvalue weighted by Gasteiger charge is 2.38. The van der Waals surface area contributed by atoms with E-state index in [1.165, 1.54) is 16.6 Å². The number of anilines is 1. The Morgan fingerprint density at radius 3 is 2.34 bits per heavy atom. The molecule has 2 aromatic heterocycles. The number of halogens is 8. The molecule has 301 valence electrons. The van der Waals surface area contributed by atoms with E-state index in [1.807, 2.05) is 24.3 Å². The molecule has 4 aromatic rings. The Bertz CT molecular complexity index is 2250. The molecular formula is C40H34BF8N6O3. The van der Waals surface area contributed by atoms with Crippen molar-refractivity contribution in [1.82, 2.24) is 20.1 Å². The summed E-state index contributed by atoms with van der Waals surface area (Å²) < 4.78 is 109. The number of H-pyrrole nitrogens is 1. The third-order valence-electron chi connectivity index (χ3n) is 8.73. The van der Waals surface area contributed by atoms with Gasteiger partial charge in [-0.25, -0.2) is 9.38 Å². The molecule has 0 saturated carbocycles. The van der Waals surface area contributed by atoms with Gasteiger partial charge >= 0.3 is 20.0 Å². The fourth-order valence-electron chi connectivity index (χ4n) is 5.81. The van der Waals surface area contributed by atoms with E-state index in [0.717, 1.165) is 28.4 Å². The van der Waals surface area contributed by atoms with Crippen molar-refractivity contribution in [2.75, 3.05) is 24.5 Å². The normalized spacial score (nSPS) is 13.2. The van der Waals surface area contributed by atoms with E-state index in [4.69, 9.17) is 0 Å². The Labute approximate surface area is 328 Å². The van der Waals surface area contributed by atoms with Gasteiger partial charge in [-0.1, -0.05) is 17.9 Å². The highest BCUT2D eigenvalue weighted by Crippen LogP contribution is 2.37. The summed E-state index contributed by atoms with van der Waals surface area (Å²) >= 11 is 0. The number of hydrogen-bond donors (Lipinski definition) is 3. The smallest absolute Gasteiger partial charge is 0.362 e. The van der Waals surface area contributed by atoms with Crippen LogP contribution in [-0.4, -0.2) is 60.2 Å². The number of carbonyl (C=O) groups excluding carboxylic acids is 3. The summed E-state index contributed by atoms with van der Waals surface area (Å²) in [6.07, 6.45) is -3.38. The predicted octanol–water partition coefficient (Wildman–Crippen LogP) is 6.97. The van der Waals surface area contributed by atoms with Crippen molar-refractivity contribution < 1.29 is 49.4 Å². The van der Waals surface area contributed by atoms with Gasteiger partial charge in [0.05, 0.1) is 47.7 Å². The van der Waals surface area contributed by atoms with Gasteiger partial charge in [0.15, 0.2) is 0 Å². The van der Waals surface area contributed by atoms with Crippen molar-refractivity contribution in [2.24, 2.45) is 4.99 Å². The SMILES string of the molecule is O=C(CCCNC(=O)CCc1ccc(/C=C2/C=CC(c3ccc[nH]3)=N2)n1[B]F)NCC#CCN(C(=O)Cc1ccc(C(F)(F)F)cc1C(F)(F)F)c1ccc(F)cc1.